The Hall–Kier alpha value is -3.40. The van der Waals surface area contributed by atoms with E-state index >= 15 is 0 Å². The van der Waals surface area contributed by atoms with Gasteiger partial charge < -0.3 is 9.88 Å². The third kappa shape index (κ3) is 3.29. The highest BCUT2D eigenvalue weighted by Crippen LogP contribution is 2.25. The first-order valence-electron chi connectivity index (χ1n) is 9.44. The maximum Gasteiger partial charge on any atom is 0.244 e. The van der Waals surface area contributed by atoms with Crippen molar-refractivity contribution in [2.45, 2.75) is 20.4 Å². The molecule has 28 heavy (non-hydrogen) atoms. The first-order chi connectivity index (χ1) is 13.5. The number of benzene rings is 3. The number of aromatic nitrogens is 1. The van der Waals surface area contributed by atoms with Crippen molar-refractivity contribution in [3.05, 3.63) is 78.5 Å². The quantitative estimate of drug-likeness (QED) is 0.486. The average molecular weight is 370 g/mol. The van der Waals surface area contributed by atoms with Gasteiger partial charge >= 0.3 is 0 Å². The molecule has 4 nitrogen and oxygen atoms in total. The van der Waals surface area contributed by atoms with E-state index in [1.54, 1.807) is 6.20 Å². The summed E-state index contributed by atoms with van der Waals surface area (Å²) < 4.78 is 1.85. The number of nitrogens with one attached hydrogen (secondary N) is 1. The highest BCUT2D eigenvalue weighted by molar-refractivity contribution is 6.09. The molecule has 1 aromatic heterocycles. The van der Waals surface area contributed by atoms with Crippen LogP contribution in [0.25, 0.3) is 21.7 Å². The van der Waals surface area contributed by atoms with Crippen molar-refractivity contribution in [3.8, 4) is 0 Å². The van der Waals surface area contributed by atoms with Gasteiger partial charge in [-0.2, -0.15) is 0 Å². The fourth-order valence-corrected chi connectivity index (χ4v) is 3.56. The van der Waals surface area contributed by atoms with Gasteiger partial charge in [-0.05, 0) is 17.5 Å². The molecule has 1 amide bonds. The number of Topliss-reactive ketones (excluding diaryl/α,β-unsaturated/α-hetero) is 1. The van der Waals surface area contributed by atoms with E-state index in [0.717, 1.165) is 27.4 Å². The lowest BCUT2D eigenvalue weighted by Gasteiger charge is -2.10. The number of hydrogen-bond acceptors (Lipinski definition) is 2. The van der Waals surface area contributed by atoms with Crippen molar-refractivity contribution in [1.82, 2.24) is 4.57 Å². The van der Waals surface area contributed by atoms with E-state index in [0.29, 0.717) is 5.56 Å². The van der Waals surface area contributed by atoms with Crippen LogP contribution in [-0.4, -0.2) is 16.3 Å². The number of fused-ring (bicyclic) bond motifs is 2. The van der Waals surface area contributed by atoms with Gasteiger partial charge in [0.1, 0.15) is 6.54 Å². The second-order valence-corrected chi connectivity index (χ2v) is 7.28. The third-order valence-electron chi connectivity index (χ3n) is 4.96. The number of amides is 1. The molecule has 4 rings (SSSR count). The van der Waals surface area contributed by atoms with Gasteiger partial charge in [-0.3, -0.25) is 9.59 Å². The number of anilines is 1. The molecule has 0 spiro atoms. The molecule has 1 N–H and O–H groups in total. The molecule has 0 atom stereocenters. The Balaban J connectivity index is 1.65. The largest absolute Gasteiger partial charge is 0.337 e. The molecule has 0 bridgehead atoms. The van der Waals surface area contributed by atoms with Gasteiger partial charge in [0.15, 0.2) is 5.78 Å². The van der Waals surface area contributed by atoms with Gasteiger partial charge in [0.05, 0.1) is 0 Å². The summed E-state index contributed by atoms with van der Waals surface area (Å²) in [6, 6.07) is 21.5. The first-order valence-corrected chi connectivity index (χ1v) is 9.44. The van der Waals surface area contributed by atoms with Crippen LogP contribution in [0.4, 0.5) is 5.69 Å². The number of carbonyl (C=O) groups excluding carboxylic acids is 2. The maximum absolute atomic E-state index is 12.8. The fraction of sp³-hybridized carbons (Fsp3) is 0.167. The highest BCUT2D eigenvalue weighted by atomic mass is 16.2. The van der Waals surface area contributed by atoms with Crippen LogP contribution < -0.4 is 5.32 Å². The average Bonchev–Trinajstić information content (AvgIpc) is 3.06. The van der Waals surface area contributed by atoms with Crippen molar-refractivity contribution < 1.29 is 9.59 Å². The van der Waals surface area contributed by atoms with Crippen LogP contribution >= 0.6 is 0 Å². The summed E-state index contributed by atoms with van der Waals surface area (Å²) in [5, 5.41) is 5.99. The smallest absolute Gasteiger partial charge is 0.244 e. The summed E-state index contributed by atoms with van der Waals surface area (Å²) >= 11 is 0. The molecule has 0 unspecified atom stereocenters. The van der Waals surface area contributed by atoms with Crippen LogP contribution in [0, 0.1) is 5.92 Å². The van der Waals surface area contributed by atoms with Crippen molar-refractivity contribution in [1.29, 1.82) is 0 Å². The molecule has 3 aromatic carbocycles. The van der Waals surface area contributed by atoms with Crippen molar-refractivity contribution in [2.75, 3.05) is 5.32 Å². The summed E-state index contributed by atoms with van der Waals surface area (Å²) in [6.07, 6.45) is 1.80. The van der Waals surface area contributed by atoms with Gasteiger partial charge in [0, 0.05) is 39.7 Å². The van der Waals surface area contributed by atoms with Crippen LogP contribution in [-0.2, 0) is 11.3 Å². The van der Waals surface area contributed by atoms with Crippen LogP contribution in [0.3, 0.4) is 0 Å². The Morgan fingerprint density at radius 2 is 1.57 bits per heavy atom. The molecule has 0 aliphatic heterocycles. The number of rotatable bonds is 5. The van der Waals surface area contributed by atoms with Crippen molar-refractivity contribution in [3.63, 3.8) is 0 Å². The molecule has 140 valence electrons. The SMILES string of the molecule is CC(C)C(=O)c1cn(CC(=O)Nc2cccc3ccccc23)c2ccccc12. The Bertz CT molecular complexity index is 1180. The Morgan fingerprint density at radius 3 is 2.36 bits per heavy atom. The summed E-state index contributed by atoms with van der Waals surface area (Å²) in [5.41, 5.74) is 2.35. The number of hydrogen-bond donors (Lipinski definition) is 1. The van der Waals surface area contributed by atoms with E-state index in [2.05, 4.69) is 5.32 Å². The zero-order valence-corrected chi connectivity index (χ0v) is 16.0. The van der Waals surface area contributed by atoms with Crippen LogP contribution in [0.15, 0.2) is 72.9 Å². The van der Waals surface area contributed by atoms with Crippen LogP contribution in [0.5, 0.6) is 0 Å². The van der Waals surface area contributed by atoms with Gasteiger partial charge in [-0.25, -0.2) is 0 Å². The second-order valence-electron chi connectivity index (χ2n) is 7.28. The number of ketones is 1. The lowest BCUT2D eigenvalue weighted by atomic mass is 10.0. The van der Waals surface area contributed by atoms with E-state index in [9.17, 15) is 9.59 Å². The van der Waals surface area contributed by atoms with Gasteiger partial charge in [-0.1, -0.05) is 68.4 Å². The molecule has 0 radical (unpaired) electrons. The molecule has 0 saturated heterocycles. The van der Waals surface area contributed by atoms with E-state index in [-0.39, 0.29) is 24.2 Å². The number of para-hydroxylation sites is 1. The van der Waals surface area contributed by atoms with E-state index < -0.39 is 0 Å². The highest BCUT2D eigenvalue weighted by Gasteiger charge is 2.18. The number of nitrogens with zero attached hydrogens (tertiary/aromatic N) is 1. The van der Waals surface area contributed by atoms with Crippen LogP contribution in [0.1, 0.15) is 24.2 Å². The normalized spacial score (nSPS) is 11.2. The predicted molar refractivity (Wildman–Crippen MR) is 114 cm³/mol. The van der Waals surface area contributed by atoms with E-state index in [4.69, 9.17) is 0 Å². The van der Waals surface area contributed by atoms with Crippen LogP contribution in [0.2, 0.25) is 0 Å². The zero-order chi connectivity index (χ0) is 19.7. The minimum atomic E-state index is -0.124. The minimum absolute atomic E-state index is 0.0874. The molecule has 4 aromatic rings. The maximum atomic E-state index is 12.8. The van der Waals surface area contributed by atoms with E-state index in [1.165, 1.54) is 0 Å². The topological polar surface area (TPSA) is 51.1 Å². The summed E-state index contributed by atoms with van der Waals surface area (Å²) in [4.78, 5) is 25.3. The molecule has 0 saturated carbocycles. The van der Waals surface area contributed by atoms with Gasteiger partial charge in [-0.15, -0.1) is 0 Å². The fourth-order valence-electron chi connectivity index (χ4n) is 3.56. The van der Waals surface area contributed by atoms with E-state index in [1.807, 2.05) is 85.1 Å². The number of carbonyl (C=O) groups is 2. The summed E-state index contributed by atoms with van der Waals surface area (Å²) in [6.45, 7) is 3.93. The molecule has 1 heterocycles. The standard InChI is InChI=1S/C24H22N2O2/c1-16(2)24(28)20-14-26(22-13-6-5-11-19(20)22)15-23(27)25-21-12-7-9-17-8-3-4-10-18(17)21/h3-14,16H,15H2,1-2H3,(H,25,27). The van der Waals surface area contributed by atoms with Gasteiger partial charge in [0.2, 0.25) is 5.91 Å². The molecule has 0 aliphatic rings. The Labute approximate surface area is 163 Å². The Morgan fingerprint density at radius 1 is 0.893 bits per heavy atom. The Kier molecular flexibility index (Phi) is 4.70. The lowest BCUT2D eigenvalue weighted by Crippen LogP contribution is -2.18. The lowest BCUT2D eigenvalue weighted by molar-refractivity contribution is -0.116. The van der Waals surface area contributed by atoms with Crippen molar-refractivity contribution >= 4 is 39.1 Å². The third-order valence-corrected chi connectivity index (χ3v) is 4.96. The molecular formula is C24H22N2O2. The second kappa shape index (κ2) is 7.31. The molecule has 0 fully saturated rings. The first kappa shape index (κ1) is 18.0. The van der Waals surface area contributed by atoms with Gasteiger partial charge in [0.25, 0.3) is 0 Å². The summed E-state index contributed by atoms with van der Waals surface area (Å²) in [7, 11) is 0. The summed E-state index contributed by atoms with van der Waals surface area (Å²) in [5.74, 6) is -0.131. The monoisotopic (exact) mass is 370 g/mol. The predicted octanol–water partition coefficient (Wildman–Crippen LogP) is 5.27. The minimum Gasteiger partial charge on any atom is -0.337 e. The molecular weight excluding hydrogens is 348 g/mol. The molecule has 4 heteroatoms. The molecule has 0 aliphatic carbocycles. The zero-order valence-electron chi connectivity index (χ0n) is 16.0. The van der Waals surface area contributed by atoms with Crippen molar-refractivity contribution in [2.24, 2.45) is 5.92 Å².